The molecule has 8 nitrogen and oxygen atoms in total. The number of fused-ring (bicyclic) bond motifs is 2. The Balaban J connectivity index is 0.00000117. The van der Waals surface area contributed by atoms with Crippen LogP contribution in [-0.2, 0) is 4.79 Å². The van der Waals surface area contributed by atoms with E-state index in [9.17, 15) is 24.6 Å². The molecule has 0 unspecified atom stereocenters. The van der Waals surface area contributed by atoms with Crippen LogP contribution in [0.25, 0.3) is 21.9 Å². The van der Waals surface area contributed by atoms with Gasteiger partial charge in [0.25, 0.3) is 0 Å². The highest BCUT2D eigenvalue weighted by molar-refractivity contribution is 5.89. The summed E-state index contributed by atoms with van der Waals surface area (Å²) in [4.78, 5) is 36.6. The van der Waals surface area contributed by atoms with Gasteiger partial charge in [0.1, 0.15) is 29.0 Å². The highest BCUT2D eigenvalue weighted by atomic mass is 16.4. The normalized spacial score (nSPS) is 10.7. The summed E-state index contributed by atoms with van der Waals surface area (Å²) in [6.45, 7) is 0. The zero-order valence-electron chi connectivity index (χ0n) is 15.2. The average molecular weight is 396 g/mol. The number of carbonyl (C=O) groups is 1. The van der Waals surface area contributed by atoms with Crippen LogP contribution in [0, 0.1) is 0 Å². The maximum Gasteiger partial charge on any atom is 0.344 e. The molecule has 2 heterocycles. The molecule has 0 radical (unpaired) electrons. The van der Waals surface area contributed by atoms with Crippen LogP contribution in [0.3, 0.4) is 0 Å². The van der Waals surface area contributed by atoms with Gasteiger partial charge in [0.15, 0.2) is 0 Å². The first-order chi connectivity index (χ1) is 14.0. The zero-order chi connectivity index (χ0) is 21.1. The van der Waals surface area contributed by atoms with Gasteiger partial charge in [0, 0.05) is 7.11 Å². The van der Waals surface area contributed by atoms with Crippen LogP contribution < -0.4 is 11.3 Å². The Labute approximate surface area is 162 Å². The van der Waals surface area contributed by atoms with E-state index in [0.29, 0.717) is 0 Å². The van der Waals surface area contributed by atoms with Gasteiger partial charge >= 0.3 is 11.3 Å². The van der Waals surface area contributed by atoms with Crippen molar-refractivity contribution >= 4 is 28.2 Å². The summed E-state index contributed by atoms with van der Waals surface area (Å²) >= 11 is 0. The maximum atomic E-state index is 12.4. The number of para-hydroxylation sites is 2. The molecule has 29 heavy (non-hydrogen) atoms. The number of aldehydes is 1. The van der Waals surface area contributed by atoms with E-state index in [2.05, 4.69) is 0 Å². The number of hydrogen-bond acceptors (Lipinski definition) is 8. The van der Waals surface area contributed by atoms with Crippen LogP contribution in [0.1, 0.15) is 17.0 Å². The highest BCUT2D eigenvalue weighted by Gasteiger charge is 2.30. The molecule has 2 aromatic carbocycles. The van der Waals surface area contributed by atoms with E-state index >= 15 is 0 Å². The number of benzene rings is 2. The second-order valence-electron chi connectivity index (χ2n) is 5.91. The minimum atomic E-state index is -1.56. The van der Waals surface area contributed by atoms with E-state index in [0.717, 1.165) is 7.11 Å². The lowest BCUT2D eigenvalue weighted by Crippen LogP contribution is -2.21. The Kier molecular flexibility index (Phi) is 5.47. The third kappa shape index (κ3) is 3.26. The minimum absolute atomic E-state index is 0.128. The molecule has 3 N–H and O–H groups in total. The van der Waals surface area contributed by atoms with Gasteiger partial charge in [-0.05, 0) is 24.3 Å². The van der Waals surface area contributed by atoms with Crippen LogP contribution in [0.4, 0.5) is 0 Å². The van der Waals surface area contributed by atoms with Crippen molar-refractivity contribution < 1.29 is 28.9 Å². The van der Waals surface area contributed by atoms with Gasteiger partial charge in [0.05, 0.1) is 27.8 Å². The molecule has 0 aliphatic carbocycles. The lowest BCUT2D eigenvalue weighted by atomic mass is 9.92. The van der Waals surface area contributed by atoms with E-state index in [1.165, 1.54) is 24.3 Å². The predicted molar refractivity (Wildman–Crippen MR) is 104 cm³/mol. The summed E-state index contributed by atoms with van der Waals surface area (Å²) in [5.74, 6) is -2.55. The second-order valence-corrected chi connectivity index (χ2v) is 5.91. The molecular formula is C21H16O8. The maximum absolute atomic E-state index is 12.4. The topological polar surface area (TPSA) is 138 Å². The fourth-order valence-corrected chi connectivity index (χ4v) is 3.12. The summed E-state index contributed by atoms with van der Waals surface area (Å²) < 4.78 is 10.3. The van der Waals surface area contributed by atoms with Crippen molar-refractivity contribution in [3.63, 3.8) is 0 Å². The highest BCUT2D eigenvalue weighted by Crippen LogP contribution is 2.37. The van der Waals surface area contributed by atoms with Crippen molar-refractivity contribution in [3.8, 4) is 11.5 Å². The van der Waals surface area contributed by atoms with Crippen LogP contribution in [-0.4, -0.2) is 28.7 Å². The van der Waals surface area contributed by atoms with Crippen LogP contribution >= 0.6 is 0 Å². The van der Waals surface area contributed by atoms with Crippen molar-refractivity contribution in [1.82, 2.24) is 0 Å². The SMILES string of the molecule is CO.O=CC(c1c(O)c2ccccc2oc1=O)c1c(O)c2ccccc2oc1=O. The van der Waals surface area contributed by atoms with Crippen LogP contribution in [0.15, 0.2) is 67.0 Å². The number of aromatic hydroxyl groups is 2. The van der Waals surface area contributed by atoms with E-state index in [-0.39, 0.29) is 28.2 Å². The monoisotopic (exact) mass is 396 g/mol. The summed E-state index contributed by atoms with van der Waals surface area (Å²) in [5, 5.41) is 28.5. The first-order valence-corrected chi connectivity index (χ1v) is 8.42. The number of carbonyl (C=O) groups excluding carboxylic acids is 1. The van der Waals surface area contributed by atoms with Crippen LogP contribution in [0.2, 0.25) is 0 Å². The summed E-state index contributed by atoms with van der Waals surface area (Å²) in [5.41, 5.74) is -2.61. The number of aliphatic hydroxyl groups excluding tert-OH is 1. The molecule has 0 saturated heterocycles. The molecule has 0 spiro atoms. The third-order valence-electron chi connectivity index (χ3n) is 4.40. The molecule has 0 atom stereocenters. The first-order valence-electron chi connectivity index (χ1n) is 8.42. The van der Waals surface area contributed by atoms with Gasteiger partial charge in [-0.3, -0.25) is 0 Å². The molecule has 148 valence electrons. The van der Waals surface area contributed by atoms with E-state index in [1.807, 2.05) is 0 Å². The van der Waals surface area contributed by atoms with Crippen molar-refractivity contribution in [2.24, 2.45) is 0 Å². The Morgan fingerprint density at radius 2 is 1.14 bits per heavy atom. The molecule has 2 aromatic heterocycles. The summed E-state index contributed by atoms with van der Waals surface area (Å²) in [6, 6.07) is 12.4. The minimum Gasteiger partial charge on any atom is -0.507 e. The second kappa shape index (κ2) is 7.99. The number of hydrogen-bond donors (Lipinski definition) is 3. The lowest BCUT2D eigenvalue weighted by Gasteiger charge is -2.14. The molecule has 4 rings (SSSR count). The van der Waals surface area contributed by atoms with Gasteiger partial charge in [-0.1, -0.05) is 24.3 Å². The molecule has 0 bridgehead atoms. The standard InChI is InChI=1S/C20H12O7.CH4O/c21-9-12(15-17(22)10-5-1-3-7-13(10)26-19(15)24)16-18(23)11-6-2-4-8-14(11)27-20(16)25;1-2/h1-9,12,22-23H;2H,1H3. The Morgan fingerprint density at radius 3 is 1.52 bits per heavy atom. The van der Waals surface area contributed by atoms with Gasteiger partial charge in [-0.2, -0.15) is 0 Å². The molecule has 8 heteroatoms. The summed E-state index contributed by atoms with van der Waals surface area (Å²) in [7, 11) is 1.00. The largest absolute Gasteiger partial charge is 0.507 e. The first kappa shape index (κ1) is 19.8. The third-order valence-corrected chi connectivity index (χ3v) is 4.40. The molecule has 0 saturated carbocycles. The van der Waals surface area contributed by atoms with Gasteiger partial charge in [0.2, 0.25) is 0 Å². The predicted octanol–water partition coefficient (Wildman–Crippen LogP) is 2.25. The summed E-state index contributed by atoms with van der Waals surface area (Å²) in [6.07, 6.45) is 0.279. The Hall–Kier alpha value is -3.91. The van der Waals surface area contributed by atoms with Crippen molar-refractivity contribution in [1.29, 1.82) is 0 Å². The quantitative estimate of drug-likeness (QED) is 0.354. The lowest BCUT2D eigenvalue weighted by molar-refractivity contribution is -0.108. The zero-order valence-corrected chi connectivity index (χ0v) is 15.2. The molecule has 0 aliphatic heterocycles. The van der Waals surface area contributed by atoms with Crippen molar-refractivity contribution in [2.75, 3.05) is 7.11 Å². The number of rotatable bonds is 3. The van der Waals surface area contributed by atoms with Gasteiger partial charge in [-0.15, -0.1) is 0 Å². The Bertz CT molecular complexity index is 1220. The molecule has 4 aromatic rings. The van der Waals surface area contributed by atoms with E-state index in [1.54, 1.807) is 24.3 Å². The number of aliphatic hydroxyl groups is 1. The van der Waals surface area contributed by atoms with Crippen LogP contribution in [0.5, 0.6) is 11.5 Å². The van der Waals surface area contributed by atoms with Crippen molar-refractivity contribution in [3.05, 3.63) is 80.5 Å². The fraction of sp³-hybridized carbons (Fsp3) is 0.0952. The van der Waals surface area contributed by atoms with E-state index in [4.69, 9.17) is 13.9 Å². The molecular weight excluding hydrogens is 380 g/mol. The smallest absolute Gasteiger partial charge is 0.344 e. The average Bonchev–Trinajstić information content (AvgIpc) is 2.74. The van der Waals surface area contributed by atoms with Crippen molar-refractivity contribution in [2.45, 2.75) is 5.92 Å². The molecule has 0 amide bonds. The van der Waals surface area contributed by atoms with Gasteiger partial charge < -0.3 is 28.9 Å². The Morgan fingerprint density at radius 1 is 0.759 bits per heavy atom. The molecule has 0 aliphatic rings. The molecule has 0 fully saturated rings. The van der Waals surface area contributed by atoms with E-state index < -0.39 is 39.8 Å². The fourth-order valence-electron chi connectivity index (χ4n) is 3.12. The van der Waals surface area contributed by atoms with Gasteiger partial charge in [-0.25, -0.2) is 9.59 Å².